The summed E-state index contributed by atoms with van der Waals surface area (Å²) >= 11 is 0. The summed E-state index contributed by atoms with van der Waals surface area (Å²) in [6.07, 6.45) is 2.48. The molecule has 0 radical (unpaired) electrons. The molecule has 0 aromatic heterocycles. The fraction of sp³-hybridized carbons (Fsp3) is 1.00. The molecule has 1 aliphatic carbocycles. The molecule has 1 rings (SSSR count). The third kappa shape index (κ3) is 1.66. The van der Waals surface area contributed by atoms with Crippen molar-refractivity contribution in [3.8, 4) is 0 Å². The SMILES string of the molecule is CCOC1(CNC)CC1. The van der Waals surface area contributed by atoms with Crippen LogP contribution in [0.25, 0.3) is 0 Å². The lowest BCUT2D eigenvalue weighted by Gasteiger charge is -2.13. The zero-order valence-corrected chi connectivity index (χ0v) is 6.24. The van der Waals surface area contributed by atoms with Crippen molar-refractivity contribution in [3.63, 3.8) is 0 Å². The maximum Gasteiger partial charge on any atom is 0.0808 e. The molecule has 1 aliphatic rings. The van der Waals surface area contributed by atoms with Crippen molar-refractivity contribution in [1.29, 1.82) is 0 Å². The maximum atomic E-state index is 5.52. The van der Waals surface area contributed by atoms with Gasteiger partial charge >= 0.3 is 0 Å². The quantitative estimate of drug-likeness (QED) is 0.605. The van der Waals surface area contributed by atoms with Gasteiger partial charge in [-0.1, -0.05) is 0 Å². The van der Waals surface area contributed by atoms with Gasteiger partial charge in [0.2, 0.25) is 0 Å². The molecule has 0 unspecified atom stereocenters. The van der Waals surface area contributed by atoms with Crippen LogP contribution in [-0.4, -0.2) is 25.8 Å². The molecular weight excluding hydrogens is 114 g/mol. The monoisotopic (exact) mass is 129 g/mol. The first kappa shape index (κ1) is 7.03. The van der Waals surface area contributed by atoms with Crippen molar-refractivity contribution in [2.45, 2.75) is 25.4 Å². The molecule has 1 N–H and O–H groups in total. The first-order valence-electron chi connectivity index (χ1n) is 3.61. The molecule has 0 amide bonds. The molecule has 2 nitrogen and oxygen atoms in total. The third-order valence-electron chi connectivity index (χ3n) is 1.76. The molecular formula is C7H15NO. The van der Waals surface area contributed by atoms with E-state index in [4.69, 9.17) is 4.74 Å². The van der Waals surface area contributed by atoms with E-state index in [-0.39, 0.29) is 5.60 Å². The molecule has 2 heteroatoms. The second kappa shape index (κ2) is 2.67. The minimum Gasteiger partial charge on any atom is -0.374 e. The van der Waals surface area contributed by atoms with Crippen molar-refractivity contribution >= 4 is 0 Å². The summed E-state index contributed by atoms with van der Waals surface area (Å²) in [7, 11) is 1.97. The Morgan fingerprint density at radius 3 is 2.56 bits per heavy atom. The largest absolute Gasteiger partial charge is 0.374 e. The fourth-order valence-corrected chi connectivity index (χ4v) is 1.14. The Hall–Kier alpha value is -0.0800. The van der Waals surface area contributed by atoms with Gasteiger partial charge in [-0.3, -0.25) is 0 Å². The minimum atomic E-state index is 0.240. The molecule has 0 aliphatic heterocycles. The van der Waals surface area contributed by atoms with E-state index in [9.17, 15) is 0 Å². The minimum absolute atomic E-state index is 0.240. The van der Waals surface area contributed by atoms with Gasteiger partial charge < -0.3 is 10.1 Å². The van der Waals surface area contributed by atoms with E-state index in [0.717, 1.165) is 13.2 Å². The zero-order valence-electron chi connectivity index (χ0n) is 6.24. The van der Waals surface area contributed by atoms with Crippen LogP contribution in [0.2, 0.25) is 0 Å². The Kier molecular flexibility index (Phi) is 2.09. The van der Waals surface area contributed by atoms with Crippen LogP contribution in [0.15, 0.2) is 0 Å². The first-order chi connectivity index (χ1) is 4.33. The summed E-state index contributed by atoms with van der Waals surface area (Å²) in [5, 5.41) is 3.13. The van der Waals surface area contributed by atoms with Crippen molar-refractivity contribution < 1.29 is 4.74 Å². The number of likely N-dealkylation sites (N-methyl/N-ethyl adjacent to an activating group) is 1. The Labute approximate surface area is 56.6 Å². The van der Waals surface area contributed by atoms with Crippen LogP contribution >= 0.6 is 0 Å². The van der Waals surface area contributed by atoms with Crippen molar-refractivity contribution in [3.05, 3.63) is 0 Å². The molecule has 0 aromatic rings. The van der Waals surface area contributed by atoms with Crippen LogP contribution in [0, 0.1) is 0 Å². The highest BCUT2D eigenvalue weighted by Crippen LogP contribution is 2.38. The van der Waals surface area contributed by atoms with E-state index < -0.39 is 0 Å². The number of rotatable bonds is 4. The van der Waals surface area contributed by atoms with E-state index >= 15 is 0 Å². The lowest BCUT2D eigenvalue weighted by molar-refractivity contribution is 0.0436. The van der Waals surface area contributed by atoms with Crippen LogP contribution in [0.1, 0.15) is 19.8 Å². The first-order valence-corrected chi connectivity index (χ1v) is 3.61. The summed E-state index contributed by atoms with van der Waals surface area (Å²) < 4.78 is 5.52. The second-order valence-electron chi connectivity index (χ2n) is 2.65. The average molecular weight is 129 g/mol. The van der Waals surface area contributed by atoms with Gasteiger partial charge in [0.15, 0.2) is 0 Å². The Morgan fingerprint density at radius 2 is 2.22 bits per heavy atom. The standard InChI is InChI=1S/C7H15NO/c1-3-9-7(4-5-7)6-8-2/h8H,3-6H2,1-2H3. The number of nitrogens with one attached hydrogen (secondary N) is 1. The van der Waals surface area contributed by atoms with Gasteiger partial charge in [-0.15, -0.1) is 0 Å². The van der Waals surface area contributed by atoms with Gasteiger partial charge in [0.05, 0.1) is 5.60 Å². The van der Waals surface area contributed by atoms with E-state index in [1.807, 2.05) is 7.05 Å². The van der Waals surface area contributed by atoms with Crippen LogP contribution in [0.4, 0.5) is 0 Å². The highest BCUT2D eigenvalue weighted by atomic mass is 16.5. The maximum absolute atomic E-state index is 5.52. The molecule has 0 atom stereocenters. The third-order valence-corrected chi connectivity index (χ3v) is 1.76. The average Bonchev–Trinajstić information content (AvgIpc) is 2.51. The molecule has 1 fully saturated rings. The summed E-state index contributed by atoms with van der Waals surface area (Å²) in [6.45, 7) is 3.91. The lowest BCUT2D eigenvalue weighted by Crippen LogP contribution is -2.28. The van der Waals surface area contributed by atoms with E-state index in [0.29, 0.717) is 0 Å². The predicted octanol–water partition coefficient (Wildman–Crippen LogP) is 0.775. The van der Waals surface area contributed by atoms with Crippen molar-refractivity contribution in [1.82, 2.24) is 5.32 Å². The zero-order chi connectivity index (χ0) is 6.74. The highest BCUT2D eigenvalue weighted by molar-refractivity contribution is 4.97. The van der Waals surface area contributed by atoms with E-state index in [1.54, 1.807) is 0 Å². The highest BCUT2D eigenvalue weighted by Gasteiger charge is 2.42. The number of hydrogen-bond donors (Lipinski definition) is 1. The van der Waals surface area contributed by atoms with Crippen LogP contribution in [-0.2, 0) is 4.74 Å². The topological polar surface area (TPSA) is 21.3 Å². The molecule has 0 bridgehead atoms. The van der Waals surface area contributed by atoms with Crippen LogP contribution < -0.4 is 5.32 Å². The molecule has 54 valence electrons. The predicted molar refractivity (Wildman–Crippen MR) is 37.5 cm³/mol. The van der Waals surface area contributed by atoms with Gasteiger partial charge in [0.1, 0.15) is 0 Å². The van der Waals surface area contributed by atoms with E-state index in [1.165, 1.54) is 12.8 Å². The van der Waals surface area contributed by atoms with Gasteiger partial charge in [-0.25, -0.2) is 0 Å². The van der Waals surface area contributed by atoms with Gasteiger partial charge in [0, 0.05) is 13.2 Å². The molecule has 1 saturated carbocycles. The Bertz CT molecular complexity index is 80.9. The Morgan fingerprint density at radius 1 is 1.56 bits per heavy atom. The summed E-state index contributed by atoms with van der Waals surface area (Å²) in [5.74, 6) is 0. The molecule has 0 aromatic carbocycles. The van der Waals surface area contributed by atoms with Gasteiger partial charge in [-0.2, -0.15) is 0 Å². The summed E-state index contributed by atoms with van der Waals surface area (Å²) in [5.41, 5.74) is 0.240. The van der Waals surface area contributed by atoms with Crippen molar-refractivity contribution in [2.75, 3.05) is 20.2 Å². The fourth-order valence-electron chi connectivity index (χ4n) is 1.14. The Balaban J connectivity index is 2.17. The van der Waals surface area contributed by atoms with Crippen molar-refractivity contribution in [2.24, 2.45) is 0 Å². The smallest absolute Gasteiger partial charge is 0.0808 e. The molecule has 0 saturated heterocycles. The lowest BCUT2D eigenvalue weighted by atomic mass is 10.3. The molecule has 9 heavy (non-hydrogen) atoms. The second-order valence-corrected chi connectivity index (χ2v) is 2.65. The summed E-state index contributed by atoms with van der Waals surface area (Å²) in [6, 6.07) is 0. The molecule has 0 heterocycles. The van der Waals surface area contributed by atoms with Crippen LogP contribution in [0.5, 0.6) is 0 Å². The van der Waals surface area contributed by atoms with E-state index in [2.05, 4.69) is 12.2 Å². The normalized spacial score (nSPS) is 22.0. The number of ether oxygens (including phenoxy) is 1. The van der Waals surface area contributed by atoms with Crippen LogP contribution in [0.3, 0.4) is 0 Å². The van der Waals surface area contributed by atoms with Gasteiger partial charge in [0.25, 0.3) is 0 Å². The number of hydrogen-bond acceptors (Lipinski definition) is 2. The summed E-state index contributed by atoms with van der Waals surface area (Å²) in [4.78, 5) is 0. The molecule has 0 spiro atoms. The van der Waals surface area contributed by atoms with Gasteiger partial charge in [-0.05, 0) is 26.8 Å².